The number of fused-ring (bicyclic) bond motifs is 1. The lowest BCUT2D eigenvalue weighted by Crippen LogP contribution is -2.33. The van der Waals surface area contributed by atoms with Gasteiger partial charge in [0.15, 0.2) is 17.6 Å². The van der Waals surface area contributed by atoms with E-state index in [1.807, 2.05) is 10.8 Å². The van der Waals surface area contributed by atoms with Gasteiger partial charge in [0.2, 0.25) is 0 Å². The Balaban J connectivity index is 1.31. The Morgan fingerprint density at radius 2 is 1.48 bits per heavy atom. The second kappa shape index (κ2) is 12.5. The number of ether oxygens (including phenoxy) is 6. The van der Waals surface area contributed by atoms with E-state index in [2.05, 4.69) is 4.18 Å². The van der Waals surface area contributed by atoms with Crippen molar-refractivity contribution in [3.8, 4) is 11.5 Å². The second-order valence-electron chi connectivity index (χ2n) is 5.59. The molecule has 1 aromatic heterocycles. The summed E-state index contributed by atoms with van der Waals surface area (Å²) in [5, 5.41) is 3.83. The zero-order valence-electron chi connectivity index (χ0n) is 15.3. The fourth-order valence-corrected chi connectivity index (χ4v) is 3.10. The van der Waals surface area contributed by atoms with Gasteiger partial charge in [0.25, 0.3) is 10.1 Å². The summed E-state index contributed by atoms with van der Waals surface area (Å²) < 4.78 is 58.7. The molecule has 0 bridgehead atoms. The van der Waals surface area contributed by atoms with Gasteiger partial charge >= 0.3 is 0 Å². The van der Waals surface area contributed by atoms with Gasteiger partial charge in [-0.05, 0) is 0 Å². The van der Waals surface area contributed by atoms with Gasteiger partial charge in [-0.2, -0.15) is 8.42 Å². The third-order valence-corrected chi connectivity index (χ3v) is 4.55. The zero-order valence-corrected chi connectivity index (χ0v) is 16.9. The van der Waals surface area contributed by atoms with Crippen LogP contribution in [-0.2, 0) is 33.2 Å². The molecule has 2 heterocycles. The normalized spacial score (nSPS) is 16.6. The van der Waals surface area contributed by atoms with Crippen molar-refractivity contribution in [3.05, 3.63) is 10.8 Å². The molecule has 0 amide bonds. The molecule has 1 aliphatic heterocycles. The molecule has 0 saturated heterocycles. The number of hydrogen-bond acceptors (Lipinski definition) is 10. The first-order chi connectivity index (χ1) is 13.0. The Morgan fingerprint density at radius 3 is 2.11 bits per heavy atom. The van der Waals surface area contributed by atoms with Gasteiger partial charge in [-0.1, -0.05) is 0 Å². The molecule has 1 aliphatic rings. The summed E-state index contributed by atoms with van der Waals surface area (Å²) in [6, 6.07) is 0. The van der Waals surface area contributed by atoms with Crippen molar-refractivity contribution in [2.45, 2.75) is 6.10 Å². The number of rotatable bonds is 15. The van der Waals surface area contributed by atoms with E-state index in [-0.39, 0.29) is 19.3 Å². The molecule has 11 heteroatoms. The van der Waals surface area contributed by atoms with Gasteiger partial charge in [-0.25, -0.2) is 0 Å². The van der Waals surface area contributed by atoms with Gasteiger partial charge in [-0.15, -0.1) is 11.3 Å². The minimum Gasteiger partial charge on any atom is -0.485 e. The highest BCUT2D eigenvalue weighted by Gasteiger charge is 2.21. The van der Waals surface area contributed by atoms with Crippen LogP contribution in [-0.4, -0.2) is 86.8 Å². The van der Waals surface area contributed by atoms with E-state index in [1.165, 1.54) is 0 Å². The Kier molecular flexibility index (Phi) is 10.3. The molecule has 2 rings (SSSR count). The fourth-order valence-electron chi connectivity index (χ4n) is 2.06. The van der Waals surface area contributed by atoms with Gasteiger partial charge < -0.3 is 28.4 Å². The molecule has 156 valence electrons. The van der Waals surface area contributed by atoms with E-state index in [0.29, 0.717) is 52.9 Å². The first-order valence-corrected chi connectivity index (χ1v) is 11.3. The van der Waals surface area contributed by atoms with Gasteiger partial charge in [0.05, 0.1) is 65.7 Å². The van der Waals surface area contributed by atoms with Gasteiger partial charge in [-0.3, -0.25) is 4.18 Å². The highest BCUT2D eigenvalue weighted by molar-refractivity contribution is 7.85. The summed E-state index contributed by atoms with van der Waals surface area (Å²) in [5.74, 6) is 1.58. The van der Waals surface area contributed by atoms with Crippen LogP contribution in [0.4, 0.5) is 0 Å². The maximum atomic E-state index is 10.7. The minimum absolute atomic E-state index is 0.00833. The van der Waals surface area contributed by atoms with Crippen LogP contribution in [0, 0.1) is 0 Å². The topological polar surface area (TPSA) is 98.8 Å². The smallest absolute Gasteiger partial charge is 0.264 e. The molecule has 9 nitrogen and oxygen atoms in total. The SMILES string of the molecule is CS(=O)(=O)OCCOCCOCCOCCOCC1COc2cscc2O1. The molecule has 0 saturated carbocycles. The maximum Gasteiger partial charge on any atom is 0.264 e. The lowest BCUT2D eigenvalue weighted by Gasteiger charge is -2.24. The fraction of sp³-hybridized carbons (Fsp3) is 0.750. The standard InChI is InChI=1S/C16H26O9S2/c1-27(17,18)24-9-8-21-5-4-19-2-3-20-6-7-22-10-14-11-23-15-12-26-13-16(15)25-14/h12-14H,2-11H2,1H3. The lowest BCUT2D eigenvalue weighted by molar-refractivity contribution is -0.0252. The third kappa shape index (κ3) is 10.2. The summed E-state index contributed by atoms with van der Waals surface area (Å²) >= 11 is 1.55. The predicted octanol–water partition coefficient (Wildman–Crippen LogP) is 0.931. The van der Waals surface area contributed by atoms with Crippen LogP contribution in [0.3, 0.4) is 0 Å². The summed E-state index contributed by atoms with van der Waals surface area (Å²) in [6.45, 7) is 3.78. The Hall–Kier alpha value is -0.950. The molecule has 1 aromatic rings. The Morgan fingerprint density at radius 1 is 0.926 bits per heavy atom. The predicted molar refractivity (Wildman–Crippen MR) is 98.3 cm³/mol. The molecular weight excluding hydrogens is 400 g/mol. The molecule has 0 fully saturated rings. The largest absolute Gasteiger partial charge is 0.485 e. The van der Waals surface area contributed by atoms with Crippen molar-refractivity contribution in [2.75, 3.05) is 72.3 Å². The van der Waals surface area contributed by atoms with Crippen molar-refractivity contribution in [2.24, 2.45) is 0 Å². The third-order valence-electron chi connectivity index (χ3n) is 3.26. The molecule has 0 N–H and O–H groups in total. The monoisotopic (exact) mass is 426 g/mol. The summed E-state index contributed by atoms with van der Waals surface area (Å²) in [4.78, 5) is 0. The van der Waals surface area contributed by atoms with E-state index in [1.54, 1.807) is 11.3 Å². The van der Waals surface area contributed by atoms with Crippen LogP contribution in [0.25, 0.3) is 0 Å². The van der Waals surface area contributed by atoms with Crippen LogP contribution in [0.5, 0.6) is 11.5 Å². The van der Waals surface area contributed by atoms with Crippen LogP contribution in [0.1, 0.15) is 0 Å². The molecule has 1 atom stereocenters. The summed E-state index contributed by atoms with van der Waals surface area (Å²) in [5.41, 5.74) is 0. The van der Waals surface area contributed by atoms with Crippen LogP contribution in [0.15, 0.2) is 10.8 Å². The maximum absolute atomic E-state index is 10.7. The van der Waals surface area contributed by atoms with Crippen LogP contribution >= 0.6 is 11.3 Å². The van der Waals surface area contributed by atoms with E-state index in [0.717, 1.165) is 17.8 Å². The van der Waals surface area contributed by atoms with Crippen LogP contribution in [0.2, 0.25) is 0 Å². The molecule has 1 unspecified atom stereocenters. The molecule has 27 heavy (non-hydrogen) atoms. The highest BCUT2D eigenvalue weighted by Crippen LogP contribution is 2.35. The molecule has 0 radical (unpaired) electrons. The van der Waals surface area contributed by atoms with Crippen molar-refractivity contribution >= 4 is 21.5 Å². The molecule has 0 aromatic carbocycles. The second-order valence-corrected chi connectivity index (χ2v) is 7.98. The quantitative estimate of drug-likeness (QED) is 0.300. The Bertz CT molecular complexity index is 617. The van der Waals surface area contributed by atoms with E-state index < -0.39 is 10.1 Å². The molecule has 0 spiro atoms. The van der Waals surface area contributed by atoms with Gasteiger partial charge in [0.1, 0.15) is 6.61 Å². The molecule has 0 aliphatic carbocycles. The number of thiophene rings is 1. The molecular formula is C16H26O9S2. The first-order valence-electron chi connectivity index (χ1n) is 8.55. The van der Waals surface area contributed by atoms with E-state index in [9.17, 15) is 8.42 Å². The van der Waals surface area contributed by atoms with Crippen molar-refractivity contribution in [1.29, 1.82) is 0 Å². The van der Waals surface area contributed by atoms with Crippen molar-refractivity contribution < 1.29 is 41.0 Å². The minimum atomic E-state index is -3.41. The Labute approximate surface area is 163 Å². The zero-order chi connectivity index (χ0) is 19.4. The van der Waals surface area contributed by atoms with E-state index >= 15 is 0 Å². The summed E-state index contributed by atoms with van der Waals surface area (Å²) in [7, 11) is -3.41. The van der Waals surface area contributed by atoms with Crippen molar-refractivity contribution in [3.63, 3.8) is 0 Å². The average Bonchev–Trinajstić information content (AvgIpc) is 3.09. The summed E-state index contributed by atoms with van der Waals surface area (Å²) in [6.07, 6.45) is 0.900. The van der Waals surface area contributed by atoms with Crippen LogP contribution < -0.4 is 9.47 Å². The average molecular weight is 427 g/mol. The first kappa shape index (κ1) is 22.3. The van der Waals surface area contributed by atoms with Gasteiger partial charge in [0, 0.05) is 10.8 Å². The van der Waals surface area contributed by atoms with Crippen molar-refractivity contribution in [1.82, 2.24) is 0 Å². The lowest BCUT2D eigenvalue weighted by atomic mass is 10.3. The number of hydrogen-bond donors (Lipinski definition) is 0. The van der Waals surface area contributed by atoms with E-state index in [4.69, 9.17) is 28.4 Å². The highest BCUT2D eigenvalue weighted by atomic mass is 32.2.